The Morgan fingerprint density at radius 3 is 2.24 bits per heavy atom. The minimum absolute atomic E-state index is 0.0674. The van der Waals surface area contributed by atoms with Gasteiger partial charge in [-0.2, -0.15) is 0 Å². The van der Waals surface area contributed by atoms with Gasteiger partial charge in [-0.05, 0) is 12.8 Å². The minimum Gasteiger partial charge on any atom is -0.462 e. The molecular formula is C17H30O4. The maximum Gasteiger partial charge on any atom is 0.302 e. The summed E-state index contributed by atoms with van der Waals surface area (Å²) in [5.41, 5.74) is 0. The highest BCUT2D eigenvalue weighted by atomic mass is 16.5. The first-order chi connectivity index (χ1) is 10.1. The molecule has 0 aliphatic heterocycles. The van der Waals surface area contributed by atoms with E-state index in [4.69, 9.17) is 9.47 Å². The van der Waals surface area contributed by atoms with Crippen molar-refractivity contribution in [1.29, 1.82) is 0 Å². The molecule has 0 fully saturated rings. The number of unbranched alkanes of at least 4 members (excludes halogenated alkanes) is 5. The van der Waals surface area contributed by atoms with Crippen molar-refractivity contribution in [2.24, 2.45) is 0 Å². The average molecular weight is 298 g/mol. The predicted octanol–water partition coefficient (Wildman–Crippen LogP) is 4.18. The topological polar surface area (TPSA) is 52.6 Å². The van der Waals surface area contributed by atoms with Gasteiger partial charge in [0.15, 0.2) is 0 Å². The summed E-state index contributed by atoms with van der Waals surface area (Å²) in [7, 11) is 0. The lowest BCUT2D eigenvalue weighted by Crippen LogP contribution is -2.15. The fourth-order valence-corrected chi connectivity index (χ4v) is 2.09. The molecule has 0 radical (unpaired) electrons. The molecule has 4 nitrogen and oxygen atoms in total. The Morgan fingerprint density at radius 1 is 0.952 bits per heavy atom. The van der Waals surface area contributed by atoms with Crippen molar-refractivity contribution in [3.05, 3.63) is 12.2 Å². The third-order valence-corrected chi connectivity index (χ3v) is 3.16. The van der Waals surface area contributed by atoms with E-state index in [2.05, 4.69) is 6.92 Å². The Hall–Kier alpha value is -1.32. The standard InChI is InChI=1S/C17H30O4/c1-4-5-6-7-8-9-12-17(21-16(3)19)13-10-11-14-20-15(2)18/h10-11,17H,4-9,12-14H2,1-3H3/b11-10-. The van der Waals surface area contributed by atoms with Crippen LogP contribution in [0.15, 0.2) is 12.2 Å². The molecule has 0 aromatic heterocycles. The van der Waals surface area contributed by atoms with Crippen LogP contribution in [0.2, 0.25) is 0 Å². The van der Waals surface area contributed by atoms with Gasteiger partial charge in [0.25, 0.3) is 0 Å². The molecule has 0 aromatic rings. The van der Waals surface area contributed by atoms with Gasteiger partial charge in [0.05, 0.1) is 0 Å². The Kier molecular flexibility index (Phi) is 12.8. The Morgan fingerprint density at radius 2 is 1.62 bits per heavy atom. The smallest absolute Gasteiger partial charge is 0.302 e. The van der Waals surface area contributed by atoms with Crippen LogP contribution < -0.4 is 0 Å². The summed E-state index contributed by atoms with van der Waals surface area (Å²) < 4.78 is 10.1. The highest BCUT2D eigenvalue weighted by Gasteiger charge is 2.09. The molecule has 0 rings (SSSR count). The molecule has 0 aromatic carbocycles. The van der Waals surface area contributed by atoms with Crippen LogP contribution in [0, 0.1) is 0 Å². The first kappa shape index (κ1) is 19.7. The van der Waals surface area contributed by atoms with E-state index in [1.54, 1.807) is 6.08 Å². The lowest BCUT2D eigenvalue weighted by Gasteiger charge is -2.15. The minimum atomic E-state index is -0.289. The van der Waals surface area contributed by atoms with Crippen LogP contribution in [0.5, 0.6) is 0 Å². The van der Waals surface area contributed by atoms with Gasteiger partial charge in [-0.15, -0.1) is 0 Å². The number of carbonyl (C=O) groups is 2. The molecule has 1 atom stereocenters. The second-order valence-corrected chi connectivity index (χ2v) is 5.30. The molecule has 0 N–H and O–H groups in total. The van der Waals surface area contributed by atoms with E-state index in [-0.39, 0.29) is 24.6 Å². The quantitative estimate of drug-likeness (QED) is 0.308. The summed E-state index contributed by atoms with van der Waals surface area (Å²) >= 11 is 0. The number of esters is 2. The molecule has 0 heterocycles. The van der Waals surface area contributed by atoms with Crippen molar-refractivity contribution in [3.63, 3.8) is 0 Å². The highest BCUT2D eigenvalue weighted by Crippen LogP contribution is 2.13. The normalized spacial score (nSPS) is 12.3. The molecule has 4 heteroatoms. The van der Waals surface area contributed by atoms with Gasteiger partial charge in [-0.1, -0.05) is 51.2 Å². The van der Waals surface area contributed by atoms with Crippen molar-refractivity contribution >= 4 is 11.9 Å². The summed E-state index contributed by atoms with van der Waals surface area (Å²) in [6, 6.07) is 0. The van der Waals surface area contributed by atoms with E-state index >= 15 is 0 Å². The van der Waals surface area contributed by atoms with Crippen molar-refractivity contribution in [2.45, 2.75) is 78.2 Å². The van der Waals surface area contributed by atoms with Crippen molar-refractivity contribution in [1.82, 2.24) is 0 Å². The van der Waals surface area contributed by atoms with Gasteiger partial charge < -0.3 is 9.47 Å². The zero-order valence-electron chi connectivity index (χ0n) is 13.7. The molecule has 0 aliphatic rings. The molecule has 0 amide bonds. The molecule has 1 unspecified atom stereocenters. The van der Waals surface area contributed by atoms with Crippen LogP contribution in [-0.2, 0) is 19.1 Å². The Bertz CT molecular complexity index is 310. The number of hydrogen-bond donors (Lipinski definition) is 0. The molecule has 21 heavy (non-hydrogen) atoms. The van der Waals surface area contributed by atoms with Crippen LogP contribution in [0.4, 0.5) is 0 Å². The number of carbonyl (C=O) groups excluding carboxylic acids is 2. The fraction of sp³-hybridized carbons (Fsp3) is 0.765. The van der Waals surface area contributed by atoms with Crippen LogP contribution in [0.1, 0.15) is 72.1 Å². The number of rotatable bonds is 12. The van der Waals surface area contributed by atoms with E-state index in [1.165, 1.54) is 46.0 Å². The number of ether oxygens (including phenoxy) is 2. The zero-order chi connectivity index (χ0) is 15.9. The maximum absolute atomic E-state index is 11.1. The van der Waals surface area contributed by atoms with Crippen LogP contribution in [0.3, 0.4) is 0 Å². The molecule has 122 valence electrons. The van der Waals surface area contributed by atoms with Gasteiger partial charge in [-0.3, -0.25) is 9.59 Å². The second-order valence-electron chi connectivity index (χ2n) is 5.30. The monoisotopic (exact) mass is 298 g/mol. The van der Waals surface area contributed by atoms with E-state index < -0.39 is 0 Å². The van der Waals surface area contributed by atoms with E-state index in [1.807, 2.05) is 6.08 Å². The lowest BCUT2D eigenvalue weighted by molar-refractivity contribution is -0.146. The average Bonchev–Trinajstić information content (AvgIpc) is 2.41. The van der Waals surface area contributed by atoms with E-state index in [0.29, 0.717) is 6.42 Å². The largest absolute Gasteiger partial charge is 0.462 e. The highest BCUT2D eigenvalue weighted by molar-refractivity contribution is 5.66. The lowest BCUT2D eigenvalue weighted by atomic mass is 10.1. The molecule has 0 spiro atoms. The summed E-state index contributed by atoms with van der Waals surface area (Å²) in [6.45, 7) is 5.31. The third-order valence-electron chi connectivity index (χ3n) is 3.16. The summed E-state index contributed by atoms with van der Waals surface area (Å²) in [4.78, 5) is 21.7. The van der Waals surface area contributed by atoms with Gasteiger partial charge in [0.1, 0.15) is 12.7 Å². The van der Waals surface area contributed by atoms with Gasteiger partial charge in [0.2, 0.25) is 0 Å². The van der Waals surface area contributed by atoms with Crippen molar-refractivity contribution < 1.29 is 19.1 Å². The van der Waals surface area contributed by atoms with Crippen LogP contribution >= 0.6 is 0 Å². The molecule has 0 aliphatic carbocycles. The SMILES string of the molecule is CCCCCCCCC(C/C=C\COC(C)=O)OC(C)=O. The predicted molar refractivity (Wildman–Crippen MR) is 83.9 cm³/mol. The molecule has 0 saturated heterocycles. The van der Waals surface area contributed by atoms with Crippen molar-refractivity contribution in [2.75, 3.05) is 6.61 Å². The molecule has 0 saturated carbocycles. The van der Waals surface area contributed by atoms with Gasteiger partial charge in [-0.25, -0.2) is 0 Å². The van der Waals surface area contributed by atoms with E-state index in [0.717, 1.165) is 12.8 Å². The van der Waals surface area contributed by atoms with E-state index in [9.17, 15) is 9.59 Å². The van der Waals surface area contributed by atoms with Crippen molar-refractivity contribution in [3.8, 4) is 0 Å². The Labute approximate surface area is 128 Å². The van der Waals surface area contributed by atoms with Crippen LogP contribution in [-0.4, -0.2) is 24.6 Å². The molecular weight excluding hydrogens is 268 g/mol. The first-order valence-electron chi connectivity index (χ1n) is 8.01. The van der Waals surface area contributed by atoms with Crippen LogP contribution in [0.25, 0.3) is 0 Å². The van der Waals surface area contributed by atoms with Gasteiger partial charge in [0, 0.05) is 20.3 Å². The summed E-state index contributed by atoms with van der Waals surface area (Å²) in [5.74, 6) is -0.525. The second kappa shape index (κ2) is 13.7. The zero-order valence-corrected chi connectivity index (χ0v) is 13.7. The summed E-state index contributed by atoms with van der Waals surface area (Å²) in [5, 5.41) is 0. The summed E-state index contributed by atoms with van der Waals surface area (Å²) in [6.07, 6.45) is 12.6. The number of hydrogen-bond acceptors (Lipinski definition) is 4. The Balaban J connectivity index is 3.86. The fourth-order valence-electron chi connectivity index (χ4n) is 2.09. The molecule has 0 bridgehead atoms. The third kappa shape index (κ3) is 14.9. The van der Waals surface area contributed by atoms with Gasteiger partial charge >= 0.3 is 11.9 Å². The maximum atomic E-state index is 11.1. The first-order valence-corrected chi connectivity index (χ1v) is 8.01.